The number of ether oxygens (including phenoxy) is 1. The summed E-state index contributed by atoms with van der Waals surface area (Å²) in [5.41, 5.74) is 1.65. The van der Waals surface area contributed by atoms with Crippen LogP contribution in [-0.4, -0.2) is 45.4 Å². The zero-order chi connectivity index (χ0) is 18.8. The second-order valence-corrected chi connectivity index (χ2v) is 5.44. The molecule has 0 saturated carbocycles. The summed E-state index contributed by atoms with van der Waals surface area (Å²) in [5, 5.41) is 7.97. The molecule has 0 aliphatic heterocycles. The van der Waals surface area contributed by atoms with Crippen LogP contribution in [0.3, 0.4) is 0 Å². The van der Waals surface area contributed by atoms with E-state index in [1.165, 1.54) is 7.05 Å². The number of rotatable bonds is 7. The van der Waals surface area contributed by atoms with Crippen LogP contribution < -0.4 is 0 Å². The second kappa shape index (κ2) is 10.6. The highest BCUT2D eigenvalue weighted by atomic mass is 19.1. The van der Waals surface area contributed by atoms with Crippen molar-refractivity contribution in [2.24, 2.45) is 20.2 Å². The molecule has 1 aromatic carbocycles. The molecule has 0 aromatic heterocycles. The number of methoxy groups -OCH3 is 1. The molecule has 1 rings (SSSR count). The van der Waals surface area contributed by atoms with Crippen LogP contribution >= 0.6 is 0 Å². The third-order valence-corrected chi connectivity index (χ3v) is 3.47. The number of hydrogen-bond donors (Lipinski definition) is 0. The first kappa shape index (κ1) is 20.8. The standard InChI is InChI=1S/C18H24F2N4O/c1-12(8-9-25-5)10-17(24-22-4)13(2)23-18(21-3)15-11-14(19)6-7-16(15)20/h6-7,10-11,17H,8-9H2,1-5H3. The Morgan fingerprint density at radius 2 is 1.96 bits per heavy atom. The first-order chi connectivity index (χ1) is 11.9. The van der Waals surface area contributed by atoms with Gasteiger partial charge in [0.15, 0.2) is 5.84 Å². The molecule has 5 nitrogen and oxygen atoms in total. The number of aliphatic imine (C=N–C) groups is 2. The van der Waals surface area contributed by atoms with Gasteiger partial charge >= 0.3 is 0 Å². The zero-order valence-electron chi connectivity index (χ0n) is 15.3. The third kappa shape index (κ3) is 6.62. The van der Waals surface area contributed by atoms with Gasteiger partial charge in [0, 0.05) is 33.5 Å². The summed E-state index contributed by atoms with van der Waals surface area (Å²) in [6.07, 6.45) is 2.67. The maximum Gasteiger partial charge on any atom is 0.157 e. The van der Waals surface area contributed by atoms with Crippen LogP contribution in [0, 0.1) is 11.6 Å². The van der Waals surface area contributed by atoms with Gasteiger partial charge in [0.2, 0.25) is 0 Å². The van der Waals surface area contributed by atoms with E-state index < -0.39 is 17.7 Å². The van der Waals surface area contributed by atoms with E-state index in [2.05, 4.69) is 20.2 Å². The summed E-state index contributed by atoms with van der Waals surface area (Å²) in [6.45, 7) is 4.32. The largest absolute Gasteiger partial charge is 0.384 e. The maximum atomic E-state index is 14.0. The fraction of sp³-hybridized carbons (Fsp3) is 0.444. The second-order valence-electron chi connectivity index (χ2n) is 5.44. The molecule has 0 spiro atoms. The first-order valence-corrected chi connectivity index (χ1v) is 7.85. The minimum absolute atomic E-state index is 0.00845. The molecule has 0 radical (unpaired) electrons. The molecule has 0 bridgehead atoms. The predicted molar refractivity (Wildman–Crippen MR) is 96.7 cm³/mol. The summed E-state index contributed by atoms with van der Waals surface area (Å²) in [4.78, 5) is 8.33. The molecule has 1 atom stereocenters. The van der Waals surface area contributed by atoms with Gasteiger partial charge in [0.25, 0.3) is 0 Å². The maximum absolute atomic E-state index is 14.0. The van der Waals surface area contributed by atoms with Gasteiger partial charge in [0.05, 0.1) is 5.56 Å². The molecule has 0 fully saturated rings. The smallest absolute Gasteiger partial charge is 0.157 e. The number of hydrogen-bond acceptors (Lipinski definition) is 4. The number of amidine groups is 1. The molecule has 1 unspecified atom stereocenters. The molecule has 0 N–H and O–H groups in total. The van der Waals surface area contributed by atoms with E-state index in [4.69, 9.17) is 4.74 Å². The summed E-state index contributed by atoms with van der Waals surface area (Å²) in [5.74, 6) is -1.03. The van der Waals surface area contributed by atoms with Crippen LogP contribution in [0.1, 0.15) is 25.8 Å². The Morgan fingerprint density at radius 3 is 2.56 bits per heavy atom. The number of halogens is 2. The van der Waals surface area contributed by atoms with Crippen LogP contribution in [-0.2, 0) is 4.74 Å². The van der Waals surface area contributed by atoms with Crippen molar-refractivity contribution in [3.05, 3.63) is 47.0 Å². The quantitative estimate of drug-likeness (QED) is 0.314. The van der Waals surface area contributed by atoms with Crippen molar-refractivity contribution in [3.8, 4) is 0 Å². The van der Waals surface area contributed by atoms with Gasteiger partial charge in [-0.1, -0.05) is 11.6 Å². The molecule has 7 heteroatoms. The van der Waals surface area contributed by atoms with Gasteiger partial charge in [-0.2, -0.15) is 10.2 Å². The average Bonchev–Trinajstić information content (AvgIpc) is 2.59. The Kier molecular flexibility index (Phi) is 8.77. The lowest BCUT2D eigenvalue weighted by molar-refractivity contribution is 0.202. The summed E-state index contributed by atoms with van der Waals surface area (Å²) >= 11 is 0. The van der Waals surface area contributed by atoms with Crippen molar-refractivity contribution in [2.75, 3.05) is 27.8 Å². The minimum Gasteiger partial charge on any atom is -0.384 e. The van der Waals surface area contributed by atoms with E-state index >= 15 is 0 Å². The molecule has 25 heavy (non-hydrogen) atoms. The Bertz CT molecular complexity index is 696. The minimum atomic E-state index is -0.584. The fourth-order valence-corrected chi connectivity index (χ4v) is 2.11. The summed E-state index contributed by atoms with van der Waals surface area (Å²) in [7, 11) is 4.69. The zero-order valence-corrected chi connectivity index (χ0v) is 15.3. The highest BCUT2D eigenvalue weighted by Crippen LogP contribution is 2.14. The van der Waals surface area contributed by atoms with Crippen LogP contribution in [0.4, 0.5) is 8.78 Å². The molecule has 0 aliphatic rings. The lowest BCUT2D eigenvalue weighted by atomic mass is 10.1. The highest BCUT2D eigenvalue weighted by molar-refractivity contribution is 6.08. The Labute approximate surface area is 147 Å². The lowest BCUT2D eigenvalue weighted by Crippen LogP contribution is -2.16. The monoisotopic (exact) mass is 350 g/mol. The summed E-state index contributed by atoms with van der Waals surface area (Å²) in [6, 6.07) is 2.78. The SMILES string of the molecule is CN=NC(C=C(C)CCOC)C(C)=NC(=NC)c1cc(F)ccc1F. The fourth-order valence-electron chi connectivity index (χ4n) is 2.11. The predicted octanol–water partition coefficient (Wildman–Crippen LogP) is 4.24. The van der Waals surface area contributed by atoms with E-state index in [1.54, 1.807) is 21.1 Å². The van der Waals surface area contributed by atoms with Crippen LogP contribution in [0.25, 0.3) is 0 Å². The van der Waals surface area contributed by atoms with Crippen LogP contribution in [0.15, 0.2) is 50.1 Å². The normalized spacial score (nSPS) is 15.1. The first-order valence-electron chi connectivity index (χ1n) is 7.85. The molecule has 0 saturated heterocycles. The van der Waals surface area contributed by atoms with E-state index in [1.807, 2.05) is 13.0 Å². The van der Waals surface area contributed by atoms with Crippen molar-refractivity contribution in [3.63, 3.8) is 0 Å². The highest BCUT2D eigenvalue weighted by Gasteiger charge is 2.14. The van der Waals surface area contributed by atoms with Crippen LogP contribution in [0.5, 0.6) is 0 Å². The average molecular weight is 350 g/mol. The Hall–Kier alpha value is -2.28. The van der Waals surface area contributed by atoms with E-state index in [0.29, 0.717) is 12.3 Å². The third-order valence-electron chi connectivity index (χ3n) is 3.47. The van der Waals surface area contributed by atoms with Gasteiger partial charge in [-0.15, -0.1) is 0 Å². The van der Waals surface area contributed by atoms with Crippen LogP contribution in [0.2, 0.25) is 0 Å². The van der Waals surface area contributed by atoms with Crippen molar-refractivity contribution in [2.45, 2.75) is 26.3 Å². The molecule has 0 amide bonds. The van der Waals surface area contributed by atoms with Gasteiger partial charge in [-0.3, -0.25) is 4.99 Å². The Morgan fingerprint density at radius 1 is 1.24 bits per heavy atom. The topological polar surface area (TPSA) is 58.7 Å². The van der Waals surface area contributed by atoms with Crippen molar-refractivity contribution in [1.29, 1.82) is 0 Å². The molecular formula is C18H24F2N4O. The molecule has 0 heterocycles. The van der Waals surface area contributed by atoms with Crippen molar-refractivity contribution < 1.29 is 13.5 Å². The van der Waals surface area contributed by atoms with Crippen molar-refractivity contribution in [1.82, 2.24) is 0 Å². The lowest BCUT2D eigenvalue weighted by Gasteiger charge is -2.10. The van der Waals surface area contributed by atoms with Gasteiger partial charge in [-0.25, -0.2) is 13.8 Å². The molecule has 0 aliphatic carbocycles. The van der Waals surface area contributed by atoms with E-state index in [-0.39, 0.29) is 11.4 Å². The number of azo groups is 1. The van der Waals surface area contributed by atoms with Gasteiger partial charge in [-0.05, 0) is 38.5 Å². The van der Waals surface area contributed by atoms with E-state index in [0.717, 1.165) is 30.2 Å². The number of benzene rings is 1. The molecule has 1 aromatic rings. The van der Waals surface area contributed by atoms with E-state index in [9.17, 15) is 8.78 Å². The molecular weight excluding hydrogens is 326 g/mol. The van der Waals surface area contributed by atoms with Crippen molar-refractivity contribution >= 4 is 11.5 Å². The van der Waals surface area contributed by atoms with Gasteiger partial charge in [0.1, 0.15) is 17.7 Å². The number of nitrogens with zero attached hydrogens (tertiary/aromatic N) is 4. The van der Waals surface area contributed by atoms with Gasteiger partial charge < -0.3 is 4.74 Å². The summed E-state index contributed by atoms with van der Waals surface area (Å²) < 4.78 is 32.5. The Balaban J connectivity index is 3.17. The molecule has 136 valence electrons.